The molecule has 0 aromatic heterocycles. The maximum absolute atomic E-state index is 12.6. The van der Waals surface area contributed by atoms with E-state index in [9.17, 15) is 4.57 Å². The molecule has 0 saturated carbocycles. The van der Waals surface area contributed by atoms with Gasteiger partial charge in [-0.15, -0.1) is 0 Å². The molecule has 2 heteroatoms. The molecule has 0 aliphatic carbocycles. The van der Waals surface area contributed by atoms with Crippen LogP contribution < -0.4 is 5.30 Å². The molecule has 0 unspecified atom stereocenters. The zero-order valence-corrected chi connectivity index (χ0v) is 17.1. The Morgan fingerprint density at radius 1 is 0.467 bits per heavy atom. The third-order valence-corrected chi connectivity index (χ3v) is 6.65. The minimum absolute atomic E-state index is 0.0327. The number of benzene rings is 6. The van der Waals surface area contributed by atoms with Crippen LogP contribution in [0.1, 0.15) is 0 Å². The molecule has 6 aromatic rings. The summed E-state index contributed by atoms with van der Waals surface area (Å²) in [6.45, 7) is 0. The molecule has 140 valence electrons. The summed E-state index contributed by atoms with van der Waals surface area (Å²) in [7, 11) is 0.0327. The Kier molecular flexibility index (Phi) is 3.91. The first-order chi connectivity index (χ1) is 14.9. The maximum atomic E-state index is 12.6. The van der Waals surface area contributed by atoms with E-state index in [4.69, 9.17) is 0 Å². The van der Waals surface area contributed by atoms with Crippen LogP contribution in [0.2, 0.25) is 0 Å². The van der Waals surface area contributed by atoms with Crippen molar-refractivity contribution >= 4 is 46.1 Å². The summed E-state index contributed by atoms with van der Waals surface area (Å²) in [5.41, 5.74) is 4.41. The fourth-order valence-corrected chi connectivity index (χ4v) is 5.38. The molecular weight excluding hydrogens is 383 g/mol. The van der Waals surface area contributed by atoms with Gasteiger partial charge in [0.1, 0.15) is 0 Å². The average molecular weight is 400 g/mol. The van der Waals surface area contributed by atoms with Crippen LogP contribution in [0.4, 0.5) is 0 Å². The molecular formula is C28H17OP. The van der Waals surface area contributed by atoms with E-state index >= 15 is 0 Å². The molecule has 0 heterocycles. The van der Waals surface area contributed by atoms with Crippen LogP contribution in [0, 0.1) is 0 Å². The van der Waals surface area contributed by atoms with Crippen molar-refractivity contribution in [3.8, 4) is 22.3 Å². The quantitative estimate of drug-likeness (QED) is 0.218. The van der Waals surface area contributed by atoms with E-state index in [1.165, 1.54) is 26.9 Å². The molecule has 0 aliphatic heterocycles. The van der Waals surface area contributed by atoms with Crippen molar-refractivity contribution in [1.82, 2.24) is 0 Å². The third kappa shape index (κ3) is 2.43. The molecule has 0 saturated heterocycles. The highest BCUT2D eigenvalue weighted by molar-refractivity contribution is 7.35. The van der Waals surface area contributed by atoms with E-state index in [-0.39, 0.29) is 8.46 Å². The van der Waals surface area contributed by atoms with Crippen LogP contribution in [-0.4, -0.2) is 0 Å². The molecule has 6 rings (SSSR count). The summed E-state index contributed by atoms with van der Waals surface area (Å²) in [6, 6.07) is 35.9. The fraction of sp³-hybridized carbons (Fsp3) is 0. The summed E-state index contributed by atoms with van der Waals surface area (Å²) in [4.78, 5) is 0. The van der Waals surface area contributed by atoms with Gasteiger partial charge in [0, 0.05) is 5.56 Å². The van der Waals surface area contributed by atoms with Crippen LogP contribution in [0.15, 0.2) is 103 Å². The van der Waals surface area contributed by atoms with E-state index < -0.39 is 0 Å². The summed E-state index contributed by atoms with van der Waals surface area (Å²) in [5.74, 6) is 0. The largest absolute Gasteiger partial charge is 0.269 e. The van der Waals surface area contributed by atoms with Gasteiger partial charge in [-0.1, -0.05) is 103 Å². The van der Waals surface area contributed by atoms with Crippen LogP contribution in [0.3, 0.4) is 0 Å². The molecule has 6 aromatic carbocycles. The lowest BCUT2D eigenvalue weighted by Crippen LogP contribution is -2.05. The molecule has 0 fully saturated rings. The predicted octanol–water partition coefficient (Wildman–Crippen LogP) is 7.84. The third-order valence-electron chi connectivity index (χ3n) is 6.00. The van der Waals surface area contributed by atoms with Gasteiger partial charge in [-0.05, 0) is 49.0 Å². The fourth-order valence-electron chi connectivity index (χ4n) is 4.76. The van der Waals surface area contributed by atoms with Gasteiger partial charge in [-0.2, -0.15) is 0 Å². The Morgan fingerprint density at radius 3 is 1.63 bits per heavy atom. The predicted molar refractivity (Wildman–Crippen MR) is 128 cm³/mol. The second-order valence-electron chi connectivity index (χ2n) is 7.60. The summed E-state index contributed by atoms with van der Waals surface area (Å²) < 4.78 is 12.6. The van der Waals surface area contributed by atoms with Gasteiger partial charge >= 0.3 is 0 Å². The van der Waals surface area contributed by atoms with Gasteiger partial charge in [-0.3, -0.25) is 4.57 Å². The molecule has 0 atom stereocenters. The van der Waals surface area contributed by atoms with Crippen molar-refractivity contribution in [2.24, 2.45) is 0 Å². The summed E-state index contributed by atoms with van der Waals surface area (Å²) in [6.07, 6.45) is 0. The second kappa shape index (κ2) is 6.76. The van der Waals surface area contributed by atoms with Gasteiger partial charge in [-0.25, -0.2) is 0 Å². The Bertz CT molecular complexity index is 1520. The molecule has 0 N–H and O–H groups in total. The number of rotatable bonds is 3. The monoisotopic (exact) mass is 400 g/mol. The molecule has 0 aliphatic rings. The molecule has 0 spiro atoms. The minimum atomic E-state index is 0.0327. The van der Waals surface area contributed by atoms with Crippen molar-refractivity contribution in [2.45, 2.75) is 0 Å². The minimum Gasteiger partial charge on any atom is -0.269 e. The van der Waals surface area contributed by atoms with Gasteiger partial charge in [0.25, 0.3) is 0 Å². The molecule has 30 heavy (non-hydrogen) atoms. The Balaban J connectivity index is 1.93. The van der Waals surface area contributed by atoms with E-state index in [1.807, 2.05) is 24.3 Å². The van der Waals surface area contributed by atoms with Gasteiger partial charge in [0.2, 0.25) is 0 Å². The van der Waals surface area contributed by atoms with Crippen LogP contribution in [0.25, 0.3) is 54.6 Å². The topological polar surface area (TPSA) is 17.1 Å². The molecule has 0 bridgehead atoms. The van der Waals surface area contributed by atoms with Gasteiger partial charge in [0.15, 0.2) is 8.46 Å². The normalized spacial score (nSPS) is 11.7. The first kappa shape index (κ1) is 17.3. The van der Waals surface area contributed by atoms with E-state index in [1.54, 1.807) is 0 Å². The van der Waals surface area contributed by atoms with Crippen molar-refractivity contribution in [1.29, 1.82) is 0 Å². The summed E-state index contributed by atoms with van der Waals surface area (Å²) >= 11 is 0. The van der Waals surface area contributed by atoms with Crippen molar-refractivity contribution in [2.75, 3.05) is 0 Å². The van der Waals surface area contributed by atoms with Gasteiger partial charge < -0.3 is 0 Å². The lowest BCUT2D eigenvalue weighted by Gasteiger charge is -2.20. The summed E-state index contributed by atoms with van der Waals surface area (Å²) in [5, 5.41) is 7.98. The molecule has 1 nitrogen and oxygen atoms in total. The van der Waals surface area contributed by atoms with E-state index in [2.05, 4.69) is 78.9 Å². The van der Waals surface area contributed by atoms with Crippen LogP contribution in [0.5, 0.6) is 0 Å². The lowest BCUT2D eigenvalue weighted by molar-refractivity contribution is 0.603. The van der Waals surface area contributed by atoms with Crippen molar-refractivity contribution < 1.29 is 4.57 Å². The standard InChI is InChI=1S/C28H17OP/c29-30-28-23-17-15-21-13-7-12-20-14-16-22(27(23)24(20)21)25(18-8-3-1-4-9-18)26(28)19-10-5-2-6-11-19/h1-17H. The lowest BCUT2D eigenvalue weighted by atomic mass is 9.85. The Morgan fingerprint density at radius 2 is 1.03 bits per heavy atom. The zero-order valence-electron chi connectivity index (χ0n) is 16.2. The first-order valence-electron chi connectivity index (χ1n) is 10.0. The van der Waals surface area contributed by atoms with Crippen LogP contribution in [-0.2, 0) is 4.57 Å². The van der Waals surface area contributed by atoms with Crippen molar-refractivity contribution in [3.05, 3.63) is 103 Å². The van der Waals surface area contributed by atoms with Crippen molar-refractivity contribution in [3.63, 3.8) is 0 Å². The highest BCUT2D eigenvalue weighted by atomic mass is 31.1. The van der Waals surface area contributed by atoms with E-state index in [0.29, 0.717) is 0 Å². The SMILES string of the molecule is O=Pc1c(-c2ccccc2)c(-c2ccccc2)c2ccc3cccc4ccc1c2c43. The smallest absolute Gasteiger partial charge is 0.193 e. The van der Waals surface area contributed by atoms with Gasteiger partial charge in [0.05, 0.1) is 5.30 Å². The maximum Gasteiger partial charge on any atom is 0.193 e. The Labute approximate surface area is 176 Å². The Hall–Kier alpha value is -3.54. The molecule has 0 radical (unpaired) electrons. The second-order valence-corrected chi connectivity index (χ2v) is 8.23. The number of hydrogen-bond acceptors (Lipinski definition) is 1. The molecule has 0 amide bonds. The highest BCUT2D eigenvalue weighted by Gasteiger charge is 2.22. The van der Waals surface area contributed by atoms with E-state index in [0.717, 1.165) is 32.9 Å². The first-order valence-corrected chi connectivity index (χ1v) is 10.9. The van der Waals surface area contributed by atoms with Crippen LogP contribution >= 0.6 is 8.46 Å². The average Bonchev–Trinajstić information content (AvgIpc) is 2.82. The zero-order chi connectivity index (χ0) is 20.1. The number of hydrogen-bond donors (Lipinski definition) is 0. The highest BCUT2D eigenvalue weighted by Crippen LogP contribution is 2.44.